The molecule has 0 amide bonds. The van der Waals surface area contributed by atoms with E-state index >= 15 is 0 Å². The zero-order valence-electron chi connectivity index (χ0n) is 12.5. The van der Waals surface area contributed by atoms with Crippen LogP contribution in [-0.2, 0) is 0 Å². The molecule has 4 rings (SSSR count). The number of nitrogens with zero attached hydrogens (tertiary/aromatic N) is 5. The molecule has 2 unspecified atom stereocenters. The van der Waals surface area contributed by atoms with Gasteiger partial charge in [0.15, 0.2) is 11.5 Å². The lowest BCUT2D eigenvalue weighted by atomic mass is 10.1. The lowest BCUT2D eigenvalue weighted by Crippen LogP contribution is -2.37. The smallest absolute Gasteiger partial charge is 0.226 e. The molecule has 0 spiro atoms. The number of aromatic nitrogens is 4. The first kappa shape index (κ1) is 12.8. The molecule has 0 radical (unpaired) electrons. The molecule has 21 heavy (non-hydrogen) atoms. The van der Waals surface area contributed by atoms with Crippen LogP contribution in [0.15, 0.2) is 6.33 Å². The predicted molar refractivity (Wildman–Crippen MR) is 82.6 cm³/mol. The van der Waals surface area contributed by atoms with Crippen LogP contribution in [0.25, 0.3) is 11.2 Å². The maximum atomic E-state index is 4.68. The van der Waals surface area contributed by atoms with Crippen LogP contribution >= 0.6 is 0 Å². The first-order chi connectivity index (χ1) is 10.3. The van der Waals surface area contributed by atoms with E-state index < -0.39 is 0 Å². The van der Waals surface area contributed by atoms with E-state index in [4.69, 9.17) is 0 Å². The summed E-state index contributed by atoms with van der Waals surface area (Å²) in [6.45, 7) is 2.07. The van der Waals surface area contributed by atoms with Crippen molar-refractivity contribution in [2.24, 2.45) is 0 Å². The quantitative estimate of drug-likeness (QED) is 0.861. The summed E-state index contributed by atoms with van der Waals surface area (Å²) in [4.78, 5) is 21.5. The minimum Gasteiger partial charge on any atom is -0.357 e. The van der Waals surface area contributed by atoms with Crippen LogP contribution in [0.1, 0.15) is 19.3 Å². The highest BCUT2D eigenvalue weighted by Crippen LogP contribution is 2.32. The average Bonchev–Trinajstić information content (AvgIpc) is 3.03. The maximum Gasteiger partial charge on any atom is 0.226 e. The Balaban J connectivity index is 1.74. The monoisotopic (exact) mass is 287 g/mol. The van der Waals surface area contributed by atoms with E-state index in [1.165, 1.54) is 19.3 Å². The molecule has 2 saturated heterocycles. The van der Waals surface area contributed by atoms with Crippen LogP contribution in [0.4, 0.5) is 11.8 Å². The number of H-pyrrole nitrogens is 1. The Bertz CT molecular complexity index is 652. The number of fused-ring (bicyclic) bond motifs is 3. The summed E-state index contributed by atoms with van der Waals surface area (Å²) in [5, 5.41) is 3.03. The summed E-state index contributed by atoms with van der Waals surface area (Å²) in [7, 11) is 4.10. The first-order valence-electron chi connectivity index (χ1n) is 7.62. The summed E-state index contributed by atoms with van der Waals surface area (Å²) in [6.07, 6.45) is 5.51. The Morgan fingerprint density at radius 2 is 2.10 bits per heavy atom. The van der Waals surface area contributed by atoms with Gasteiger partial charge in [-0.15, -0.1) is 0 Å². The second-order valence-electron chi connectivity index (χ2n) is 6.01. The third-order valence-electron chi connectivity index (χ3n) is 4.94. The standard InChI is InChI=1S/C14H21N7/c1-15-14-18-12-11(16-8-17-12)13(19-14)21-6-5-9-3-4-10(7-21)20(9)2/h8-10H,3-7H2,1-2H3,(H2,15,16,17,18,19). The number of nitrogens with one attached hydrogen (secondary N) is 2. The van der Waals surface area contributed by atoms with Crippen molar-refractivity contribution in [3.8, 4) is 0 Å². The number of likely N-dealkylation sites (N-methyl/N-ethyl adjacent to an activating group) is 1. The molecule has 2 aromatic rings. The highest BCUT2D eigenvalue weighted by atomic mass is 15.3. The minimum absolute atomic E-state index is 0.628. The zero-order valence-corrected chi connectivity index (χ0v) is 12.5. The fraction of sp³-hybridized carbons (Fsp3) is 0.643. The number of aromatic amines is 1. The van der Waals surface area contributed by atoms with Crippen molar-refractivity contribution in [2.75, 3.05) is 37.4 Å². The molecular weight excluding hydrogens is 266 g/mol. The molecule has 0 aromatic carbocycles. The van der Waals surface area contributed by atoms with Gasteiger partial charge in [0.05, 0.1) is 6.33 Å². The van der Waals surface area contributed by atoms with Crippen LogP contribution in [0.2, 0.25) is 0 Å². The Kier molecular flexibility index (Phi) is 2.95. The largest absolute Gasteiger partial charge is 0.357 e. The van der Waals surface area contributed by atoms with Gasteiger partial charge in [0.1, 0.15) is 5.52 Å². The maximum absolute atomic E-state index is 4.68. The van der Waals surface area contributed by atoms with E-state index in [2.05, 4.69) is 42.1 Å². The van der Waals surface area contributed by atoms with E-state index in [-0.39, 0.29) is 0 Å². The lowest BCUT2D eigenvalue weighted by Gasteiger charge is -2.27. The summed E-state index contributed by atoms with van der Waals surface area (Å²) in [5.74, 6) is 1.61. The van der Waals surface area contributed by atoms with Crippen LogP contribution in [0.3, 0.4) is 0 Å². The van der Waals surface area contributed by atoms with Crippen molar-refractivity contribution in [1.82, 2.24) is 24.8 Å². The molecule has 2 aliphatic rings. The van der Waals surface area contributed by atoms with Gasteiger partial charge in [0.2, 0.25) is 5.95 Å². The fourth-order valence-corrected chi connectivity index (χ4v) is 3.66. The van der Waals surface area contributed by atoms with Crippen molar-refractivity contribution in [2.45, 2.75) is 31.3 Å². The van der Waals surface area contributed by atoms with Crippen LogP contribution in [0.5, 0.6) is 0 Å². The Hall–Kier alpha value is -1.89. The Morgan fingerprint density at radius 3 is 2.95 bits per heavy atom. The molecule has 2 N–H and O–H groups in total. The van der Waals surface area contributed by atoms with Crippen molar-refractivity contribution in [1.29, 1.82) is 0 Å². The number of imidazole rings is 1. The topological polar surface area (TPSA) is 73.0 Å². The number of rotatable bonds is 2. The van der Waals surface area contributed by atoms with E-state index in [9.17, 15) is 0 Å². The second kappa shape index (κ2) is 4.84. The molecular formula is C14H21N7. The molecule has 2 atom stereocenters. The highest BCUT2D eigenvalue weighted by Gasteiger charge is 2.35. The molecule has 112 valence electrons. The fourth-order valence-electron chi connectivity index (χ4n) is 3.66. The SMILES string of the molecule is CNc1nc(N2CCC3CCC(C2)N3C)c2[nH]cnc2n1. The normalized spacial score (nSPS) is 26.3. The molecule has 2 aliphatic heterocycles. The van der Waals surface area contributed by atoms with Crippen LogP contribution in [0, 0.1) is 0 Å². The number of hydrogen-bond acceptors (Lipinski definition) is 6. The third-order valence-corrected chi connectivity index (χ3v) is 4.94. The van der Waals surface area contributed by atoms with Gasteiger partial charge >= 0.3 is 0 Å². The lowest BCUT2D eigenvalue weighted by molar-refractivity contribution is 0.254. The first-order valence-corrected chi connectivity index (χ1v) is 7.62. The van der Waals surface area contributed by atoms with Gasteiger partial charge in [0.25, 0.3) is 0 Å². The molecule has 2 aromatic heterocycles. The minimum atomic E-state index is 0.628. The molecule has 0 saturated carbocycles. The number of hydrogen-bond donors (Lipinski definition) is 2. The molecule has 7 nitrogen and oxygen atoms in total. The zero-order chi connectivity index (χ0) is 14.4. The number of anilines is 2. The molecule has 0 aliphatic carbocycles. The molecule has 7 heteroatoms. The van der Waals surface area contributed by atoms with Crippen LogP contribution in [-0.4, -0.2) is 64.1 Å². The highest BCUT2D eigenvalue weighted by molar-refractivity contribution is 5.84. The van der Waals surface area contributed by atoms with Gasteiger partial charge in [-0.05, 0) is 26.3 Å². The predicted octanol–water partition coefficient (Wildman–Crippen LogP) is 1.07. The second-order valence-corrected chi connectivity index (χ2v) is 6.01. The van der Waals surface area contributed by atoms with Gasteiger partial charge in [-0.2, -0.15) is 9.97 Å². The Morgan fingerprint density at radius 1 is 1.24 bits per heavy atom. The van der Waals surface area contributed by atoms with Crippen molar-refractivity contribution < 1.29 is 0 Å². The van der Waals surface area contributed by atoms with Crippen molar-refractivity contribution >= 4 is 22.9 Å². The molecule has 2 bridgehead atoms. The Labute approximate surface area is 123 Å². The summed E-state index contributed by atoms with van der Waals surface area (Å²) in [6, 6.07) is 1.35. The van der Waals surface area contributed by atoms with Gasteiger partial charge in [-0.25, -0.2) is 4.98 Å². The van der Waals surface area contributed by atoms with Gasteiger partial charge in [-0.3, -0.25) is 4.90 Å². The molecule has 2 fully saturated rings. The van der Waals surface area contributed by atoms with Gasteiger partial charge in [-0.1, -0.05) is 0 Å². The summed E-state index contributed by atoms with van der Waals surface area (Å²) in [5.41, 5.74) is 1.67. The summed E-state index contributed by atoms with van der Waals surface area (Å²) < 4.78 is 0. The van der Waals surface area contributed by atoms with E-state index in [0.717, 1.165) is 36.1 Å². The van der Waals surface area contributed by atoms with Crippen molar-refractivity contribution in [3.63, 3.8) is 0 Å². The van der Waals surface area contributed by atoms with Gasteiger partial charge in [0, 0.05) is 32.2 Å². The van der Waals surface area contributed by atoms with E-state index in [0.29, 0.717) is 12.0 Å². The van der Waals surface area contributed by atoms with Crippen molar-refractivity contribution in [3.05, 3.63) is 6.33 Å². The average molecular weight is 287 g/mol. The van der Waals surface area contributed by atoms with E-state index in [1.54, 1.807) is 6.33 Å². The molecule has 4 heterocycles. The van der Waals surface area contributed by atoms with Gasteiger partial charge < -0.3 is 15.2 Å². The third kappa shape index (κ3) is 2.03. The van der Waals surface area contributed by atoms with Crippen LogP contribution < -0.4 is 10.2 Å². The van der Waals surface area contributed by atoms with E-state index in [1.807, 2.05) is 7.05 Å². The summed E-state index contributed by atoms with van der Waals surface area (Å²) >= 11 is 0.